The lowest BCUT2D eigenvalue weighted by molar-refractivity contribution is -0.118. The van der Waals surface area contributed by atoms with Gasteiger partial charge in [0.1, 0.15) is 6.04 Å². The van der Waals surface area contributed by atoms with Crippen LogP contribution in [-0.4, -0.2) is 30.1 Å². The Bertz CT molecular complexity index is 531. The Morgan fingerprint density at radius 3 is 2.43 bits per heavy atom. The number of anilines is 1. The van der Waals surface area contributed by atoms with Crippen LogP contribution < -0.4 is 15.5 Å². The quantitative estimate of drug-likeness (QED) is 0.876. The summed E-state index contributed by atoms with van der Waals surface area (Å²) in [6, 6.07) is 7.08. The van der Waals surface area contributed by atoms with E-state index in [1.165, 1.54) is 0 Å². The van der Waals surface area contributed by atoms with Crippen molar-refractivity contribution in [2.24, 2.45) is 0 Å². The van der Waals surface area contributed by atoms with Crippen molar-refractivity contribution in [3.05, 3.63) is 29.8 Å². The molecule has 1 aliphatic rings. The van der Waals surface area contributed by atoms with E-state index in [9.17, 15) is 9.59 Å². The summed E-state index contributed by atoms with van der Waals surface area (Å²) in [6.45, 7) is 8.35. The van der Waals surface area contributed by atoms with E-state index in [4.69, 9.17) is 0 Å². The predicted octanol–water partition coefficient (Wildman–Crippen LogP) is 2.20. The third kappa shape index (κ3) is 3.97. The zero-order chi connectivity index (χ0) is 15.6. The minimum absolute atomic E-state index is 0.0529. The molecule has 0 saturated carbocycles. The van der Waals surface area contributed by atoms with Crippen LogP contribution in [0.25, 0.3) is 0 Å². The minimum atomic E-state index is -0.450. The van der Waals surface area contributed by atoms with Crippen LogP contribution in [0.3, 0.4) is 0 Å². The molecule has 2 rings (SSSR count). The van der Waals surface area contributed by atoms with Crippen LogP contribution in [0.2, 0.25) is 0 Å². The van der Waals surface area contributed by atoms with Gasteiger partial charge in [0, 0.05) is 17.8 Å². The highest BCUT2D eigenvalue weighted by Gasteiger charge is 2.33. The second kappa shape index (κ2) is 5.76. The maximum Gasteiger partial charge on any atom is 0.315 e. The molecular formula is C16H23N3O2. The van der Waals surface area contributed by atoms with Gasteiger partial charge in [-0.2, -0.15) is 0 Å². The molecule has 0 bridgehead atoms. The number of urea groups is 1. The molecule has 2 N–H and O–H groups in total. The van der Waals surface area contributed by atoms with Gasteiger partial charge in [-0.15, -0.1) is 0 Å². The van der Waals surface area contributed by atoms with Crippen molar-refractivity contribution < 1.29 is 9.59 Å². The molecule has 0 radical (unpaired) electrons. The lowest BCUT2D eigenvalue weighted by atomic mass is 10.1. The first-order valence-electron chi connectivity index (χ1n) is 7.23. The summed E-state index contributed by atoms with van der Waals surface area (Å²) in [6.07, 6.45) is 0.629. The normalized spacial score (nSPS) is 18.8. The summed E-state index contributed by atoms with van der Waals surface area (Å²) in [5.74, 6) is -0.0529. The van der Waals surface area contributed by atoms with Gasteiger partial charge in [0.05, 0.1) is 0 Å². The van der Waals surface area contributed by atoms with E-state index in [-0.39, 0.29) is 17.5 Å². The van der Waals surface area contributed by atoms with Crippen molar-refractivity contribution in [1.82, 2.24) is 10.6 Å². The van der Waals surface area contributed by atoms with Crippen LogP contribution >= 0.6 is 0 Å². The maximum absolute atomic E-state index is 12.4. The van der Waals surface area contributed by atoms with Crippen LogP contribution in [0.1, 0.15) is 32.8 Å². The zero-order valence-corrected chi connectivity index (χ0v) is 13.1. The van der Waals surface area contributed by atoms with E-state index in [2.05, 4.69) is 10.6 Å². The third-order valence-electron chi connectivity index (χ3n) is 3.35. The summed E-state index contributed by atoms with van der Waals surface area (Å²) < 4.78 is 0. The molecule has 3 amide bonds. The van der Waals surface area contributed by atoms with Crippen molar-refractivity contribution in [2.75, 3.05) is 11.4 Å². The molecule has 5 nitrogen and oxygen atoms in total. The monoisotopic (exact) mass is 289 g/mol. The largest absolute Gasteiger partial charge is 0.334 e. The van der Waals surface area contributed by atoms with Gasteiger partial charge in [-0.1, -0.05) is 17.7 Å². The number of benzene rings is 1. The molecule has 1 aliphatic heterocycles. The van der Waals surface area contributed by atoms with Gasteiger partial charge in [0.15, 0.2) is 0 Å². The Balaban J connectivity index is 1.98. The Hall–Kier alpha value is -2.04. The van der Waals surface area contributed by atoms with Gasteiger partial charge in [-0.25, -0.2) is 4.79 Å². The zero-order valence-electron chi connectivity index (χ0n) is 13.1. The molecule has 114 valence electrons. The smallest absolute Gasteiger partial charge is 0.315 e. The Morgan fingerprint density at radius 1 is 1.24 bits per heavy atom. The van der Waals surface area contributed by atoms with E-state index < -0.39 is 6.04 Å². The summed E-state index contributed by atoms with van der Waals surface area (Å²) in [4.78, 5) is 26.0. The fraction of sp³-hybridized carbons (Fsp3) is 0.500. The molecule has 1 heterocycles. The van der Waals surface area contributed by atoms with Crippen molar-refractivity contribution >= 4 is 17.6 Å². The fourth-order valence-corrected chi connectivity index (χ4v) is 2.33. The molecule has 1 unspecified atom stereocenters. The number of nitrogens with zero attached hydrogens (tertiary/aromatic N) is 1. The summed E-state index contributed by atoms with van der Waals surface area (Å²) in [5, 5.41) is 5.56. The minimum Gasteiger partial charge on any atom is -0.334 e. The molecule has 0 aromatic heterocycles. The molecule has 1 aromatic rings. The number of aryl methyl sites for hydroxylation is 1. The summed E-state index contributed by atoms with van der Waals surface area (Å²) in [7, 11) is 0. The lowest BCUT2D eigenvalue weighted by Crippen LogP contribution is -2.51. The molecule has 5 heteroatoms. The predicted molar refractivity (Wildman–Crippen MR) is 83.4 cm³/mol. The van der Waals surface area contributed by atoms with Gasteiger partial charge in [0.2, 0.25) is 5.91 Å². The number of amides is 3. The van der Waals surface area contributed by atoms with Crippen LogP contribution in [-0.2, 0) is 4.79 Å². The van der Waals surface area contributed by atoms with Crippen molar-refractivity contribution in [3.63, 3.8) is 0 Å². The van der Waals surface area contributed by atoms with Crippen LogP contribution in [0.4, 0.5) is 10.5 Å². The van der Waals surface area contributed by atoms with Crippen LogP contribution in [0.5, 0.6) is 0 Å². The highest BCUT2D eigenvalue weighted by atomic mass is 16.2. The van der Waals surface area contributed by atoms with Gasteiger partial charge in [-0.3, -0.25) is 4.79 Å². The Labute approximate surface area is 125 Å². The van der Waals surface area contributed by atoms with E-state index in [1.54, 1.807) is 4.90 Å². The maximum atomic E-state index is 12.4. The molecular weight excluding hydrogens is 266 g/mol. The first-order valence-corrected chi connectivity index (χ1v) is 7.23. The molecule has 21 heavy (non-hydrogen) atoms. The van der Waals surface area contributed by atoms with Gasteiger partial charge in [-0.05, 0) is 46.2 Å². The van der Waals surface area contributed by atoms with Gasteiger partial charge >= 0.3 is 6.03 Å². The molecule has 1 aromatic carbocycles. The second-order valence-corrected chi connectivity index (χ2v) is 6.52. The number of rotatable bonds is 2. The highest BCUT2D eigenvalue weighted by molar-refractivity contribution is 6.01. The highest BCUT2D eigenvalue weighted by Crippen LogP contribution is 2.22. The number of hydrogen-bond acceptors (Lipinski definition) is 2. The average Bonchev–Trinajstić information content (AvgIpc) is 2.70. The molecule has 1 fully saturated rings. The van der Waals surface area contributed by atoms with Crippen molar-refractivity contribution in [1.29, 1.82) is 0 Å². The topological polar surface area (TPSA) is 61.4 Å². The van der Waals surface area contributed by atoms with Crippen molar-refractivity contribution in [3.8, 4) is 0 Å². The molecule has 1 atom stereocenters. The fourth-order valence-electron chi connectivity index (χ4n) is 2.33. The van der Waals surface area contributed by atoms with Gasteiger partial charge in [0.25, 0.3) is 0 Å². The van der Waals surface area contributed by atoms with E-state index >= 15 is 0 Å². The SMILES string of the molecule is Cc1ccc(N2CCC(NC(=O)NC(C)(C)C)C2=O)cc1. The lowest BCUT2D eigenvalue weighted by Gasteiger charge is -2.22. The average molecular weight is 289 g/mol. The Kier molecular flexibility index (Phi) is 4.21. The summed E-state index contributed by atoms with van der Waals surface area (Å²) in [5.41, 5.74) is 1.72. The third-order valence-corrected chi connectivity index (χ3v) is 3.35. The number of carbonyl (C=O) groups is 2. The molecule has 0 spiro atoms. The second-order valence-electron chi connectivity index (χ2n) is 6.52. The van der Waals surface area contributed by atoms with Crippen molar-refractivity contribution in [2.45, 2.75) is 45.7 Å². The number of carbonyl (C=O) groups excluding carboxylic acids is 2. The Morgan fingerprint density at radius 2 is 1.86 bits per heavy atom. The molecule has 1 saturated heterocycles. The number of hydrogen-bond donors (Lipinski definition) is 2. The van der Waals surface area contributed by atoms with E-state index in [0.29, 0.717) is 13.0 Å². The first-order chi connectivity index (χ1) is 9.76. The first kappa shape index (κ1) is 15.4. The van der Waals surface area contributed by atoms with E-state index in [1.807, 2.05) is 52.0 Å². The van der Waals surface area contributed by atoms with Gasteiger partial charge < -0.3 is 15.5 Å². The standard InChI is InChI=1S/C16H23N3O2/c1-11-5-7-12(8-6-11)19-10-9-13(14(19)20)17-15(21)18-16(2,3)4/h5-8,13H,9-10H2,1-4H3,(H2,17,18,21). The number of nitrogens with one attached hydrogen (secondary N) is 2. The molecule has 0 aliphatic carbocycles. The van der Waals surface area contributed by atoms with Crippen LogP contribution in [0, 0.1) is 6.92 Å². The summed E-state index contributed by atoms with van der Waals surface area (Å²) >= 11 is 0. The van der Waals surface area contributed by atoms with E-state index in [0.717, 1.165) is 11.3 Å². The van der Waals surface area contributed by atoms with Crippen LogP contribution in [0.15, 0.2) is 24.3 Å².